The molecule has 2 aromatic carbocycles. The number of para-hydroxylation sites is 3. The Bertz CT molecular complexity index is 940. The normalized spacial score (nSPS) is 11.4. The van der Waals surface area contributed by atoms with Crippen molar-refractivity contribution in [2.45, 2.75) is 6.18 Å². The van der Waals surface area contributed by atoms with Crippen LogP contribution in [0.15, 0.2) is 42.5 Å². The number of benzene rings is 2. The van der Waals surface area contributed by atoms with Gasteiger partial charge in [0.25, 0.3) is 5.91 Å². The van der Waals surface area contributed by atoms with E-state index in [1.807, 2.05) is 0 Å². The highest BCUT2D eigenvalue weighted by molar-refractivity contribution is 7.22. The summed E-state index contributed by atoms with van der Waals surface area (Å²) in [5.41, 5.74) is -1.03. The van der Waals surface area contributed by atoms with Gasteiger partial charge in [0, 0.05) is 0 Å². The van der Waals surface area contributed by atoms with E-state index in [2.05, 4.69) is 10.3 Å². The highest BCUT2D eigenvalue weighted by Gasteiger charge is 2.33. The smallest absolute Gasteiger partial charge is 0.418 e. The Hall–Kier alpha value is -2.81. The number of hydrogen-bond donors (Lipinski definition) is 1. The molecule has 0 spiro atoms. The summed E-state index contributed by atoms with van der Waals surface area (Å²) in [6.45, 7) is -0.331. The number of nitrogens with one attached hydrogen (secondary N) is 1. The summed E-state index contributed by atoms with van der Waals surface area (Å²) in [5, 5.41) is 2.53. The van der Waals surface area contributed by atoms with E-state index in [9.17, 15) is 18.0 Å². The fourth-order valence-electron chi connectivity index (χ4n) is 2.27. The highest BCUT2D eigenvalue weighted by atomic mass is 32.1. The summed E-state index contributed by atoms with van der Waals surface area (Å²) in [4.78, 5) is 15.9. The van der Waals surface area contributed by atoms with E-state index < -0.39 is 17.6 Å². The summed E-state index contributed by atoms with van der Waals surface area (Å²) in [7, 11) is 1.47. The molecule has 0 radical (unpaired) electrons. The molecule has 1 aromatic heterocycles. The van der Waals surface area contributed by atoms with Crippen molar-refractivity contribution in [2.24, 2.45) is 0 Å². The number of carbonyl (C=O) groups is 1. The second kappa shape index (κ2) is 7.20. The fraction of sp³-hybridized carbons (Fsp3) is 0.176. The minimum atomic E-state index is -4.51. The van der Waals surface area contributed by atoms with E-state index in [0.29, 0.717) is 16.2 Å². The SMILES string of the molecule is COc1ccccc1OCC(=O)Nc1nc2c(C(F)(F)F)cccc2s1. The largest absolute Gasteiger partial charge is 0.493 e. The molecule has 1 N–H and O–H groups in total. The van der Waals surface area contributed by atoms with Gasteiger partial charge >= 0.3 is 6.18 Å². The predicted molar refractivity (Wildman–Crippen MR) is 91.7 cm³/mol. The van der Waals surface area contributed by atoms with E-state index in [0.717, 1.165) is 17.4 Å². The number of methoxy groups -OCH3 is 1. The van der Waals surface area contributed by atoms with Crippen LogP contribution in [0.25, 0.3) is 10.2 Å². The molecule has 0 saturated heterocycles. The fourth-order valence-corrected chi connectivity index (χ4v) is 3.18. The van der Waals surface area contributed by atoms with E-state index in [-0.39, 0.29) is 17.3 Å². The number of rotatable bonds is 5. The molecule has 0 atom stereocenters. The van der Waals surface area contributed by atoms with E-state index in [1.54, 1.807) is 24.3 Å². The molecule has 1 heterocycles. The van der Waals surface area contributed by atoms with E-state index in [4.69, 9.17) is 9.47 Å². The Kier molecular flexibility index (Phi) is 4.99. The van der Waals surface area contributed by atoms with Gasteiger partial charge in [-0.25, -0.2) is 4.98 Å². The van der Waals surface area contributed by atoms with Crippen LogP contribution in [0, 0.1) is 0 Å². The Morgan fingerprint density at radius 3 is 2.58 bits per heavy atom. The number of carbonyl (C=O) groups excluding carboxylic acids is 1. The zero-order valence-corrected chi connectivity index (χ0v) is 14.3. The molecule has 136 valence electrons. The molecule has 0 saturated carbocycles. The Labute approximate surface area is 150 Å². The summed E-state index contributed by atoms with van der Waals surface area (Å²) in [5.74, 6) is 0.312. The number of amides is 1. The molecule has 0 unspecified atom stereocenters. The second-order valence-electron chi connectivity index (χ2n) is 5.16. The van der Waals surface area contributed by atoms with Crippen molar-refractivity contribution >= 4 is 32.6 Å². The van der Waals surface area contributed by atoms with Gasteiger partial charge in [-0.15, -0.1) is 0 Å². The van der Waals surface area contributed by atoms with Crippen molar-refractivity contribution in [3.05, 3.63) is 48.0 Å². The van der Waals surface area contributed by atoms with Crippen molar-refractivity contribution in [3.63, 3.8) is 0 Å². The molecule has 0 aliphatic rings. The van der Waals surface area contributed by atoms with Gasteiger partial charge in [-0.2, -0.15) is 13.2 Å². The molecule has 0 fully saturated rings. The van der Waals surface area contributed by atoms with Gasteiger partial charge in [-0.05, 0) is 24.3 Å². The number of anilines is 1. The Balaban J connectivity index is 1.72. The van der Waals surface area contributed by atoms with Crippen molar-refractivity contribution in [3.8, 4) is 11.5 Å². The second-order valence-corrected chi connectivity index (χ2v) is 6.19. The van der Waals surface area contributed by atoms with Crippen LogP contribution < -0.4 is 14.8 Å². The molecule has 3 rings (SSSR count). The van der Waals surface area contributed by atoms with Gasteiger partial charge in [0.05, 0.1) is 22.9 Å². The minimum absolute atomic E-state index is 0.0744. The summed E-state index contributed by atoms with van der Waals surface area (Å²) >= 11 is 0.962. The van der Waals surface area contributed by atoms with Gasteiger partial charge in [0.15, 0.2) is 23.2 Å². The molecule has 0 bridgehead atoms. The standard InChI is InChI=1S/C17H13F3N2O3S/c1-24-11-6-2-3-7-12(11)25-9-14(23)21-16-22-15-10(17(18,19)20)5-4-8-13(15)26-16/h2-8H,9H2,1H3,(H,21,22,23). The third-order valence-corrected chi connectivity index (χ3v) is 4.33. The zero-order valence-electron chi connectivity index (χ0n) is 13.5. The average Bonchev–Trinajstić information content (AvgIpc) is 3.01. The molecule has 1 amide bonds. The van der Waals surface area contributed by atoms with Gasteiger partial charge in [0.2, 0.25) is 0 Å². The van der Waals surface area contributed by atoms with Crippen molar-refractivity contribution in [1.82, 2.24) is 4.98 Å². The monoisotopic (exact) mass is 382 g/mol. The number of ether oxygens (including phenoxy) is 2. The number of alkyl halides is 3. The first-order valence-electron chi connectivity index (χ1n) is 7.41. The number of aromatic nitrogens is 1. The maximum Gasteiger partial charge on any atom is 0.418 e. The zero-order chi connectivity index (χ0) is 18.7. The Morgan fingerprint density at radius 1 is 1.15 bits per heavy atom. The Morgan fingerprint density at radius 2 is 1.88 bits per heavy atom. The molecule has 9 heteroatoms. The lowest BCUT2D eigenvalue weighted by atomic mass is 10.2. The number of halogens is 3. The number of nitrogens with zero attached hydrogens (tertiary/aromatic N) is 1. The topological polar surface area (TPSA) is 60.5 Å². The van der Waals surface area contributed by atoms with Crippen LogP contribution in [0.5, 0.6) is 11.5 Å². The molecule has 5 nitrogen and oxygen atoms in total. The van der Waals surface area contributed by atoms with Crippen LogP contribution in [0.3, 0.4) is 0 Å². The molecule has 0 aliphatic heterocycles. The molecular formula is C17H13F3N2O3S. The first-order chi connectivity index (χ1) is 12.4. The van der Waals surface area contributed by atoms with Gasteiger partial charge in [0.1, 0.15) is 0 Å². The van der Waals surface area contributed by atoms with Crippen molar-refractivity contribution < 1.29 is 27.4 Å². The summed E-state index contributed by atoms with van der Waals surface area (Å²) in [6.07, 6.45) is -4.51. The van der Waals surface area contributed by atoms with Gasteiger partial charge < -0.3 is 9.47 Å². The molecular weight excluding hydrogens is 369 g/mol. The van der Waals surface area contributed by atoms with Gasteiger partial charge in [-0.1, -0.05) is 29.5 Å². The number of fused-ring (bicyclic) bond motifs is 1. The first-order valence-corrected chi connectivity index (χ1v) is 8.22. The van der Waals surface area contributed by atoms with E-state index >= 15 is 0 Å². The van der Waals surface area contributed by atoms with Crippen LogP contribution in [0.2, 0.25) is 0 Å². The van der Waals surface area contributed by atoms with Crippen LogP contribution in [0.1, 0.15) is 5.56 Å². The maximum atomic E-state index is 13.0. The lowest BCUT2D eigenvalue weighted by Gasteiger charge is -2.09. The van der Waals surface area contributed by atoms with Gasteiger partial charge in [-0.3, -0.25) is 10.1 Å². The maximum absolute atomic E-state index is 13.0. The first kappa shape index (κ1) is 18.0. The lowest BCUT2D eigenvalue weighted by molar-refractivity contribution is -0.136. The predicted octanol–water partition coefficient (Wildman–Crippen LogP) is 4.34. The lowest BCUT2D eigenvalue weighted by Crippen LogP contribution is -2.20. The van der Waals surface area contributed by atoms with Crippen LogP contribution in [0.4, 0.5) is 18.3 Å². The molecule has 0 aliphatic carbocycles. The van der Waals surface area contributed by atoms with E-state index in [1.165, 1.54) is 19.2 Å². The van der Waals surface area contributed by atoms with Crippen molar-refractivity contribution in [1.29, 1.82) is 0 Å². The average molecular weight is 382 g/mol. The quantitative estimate of drug-likeness (QED) is 0.713. The van der Waals surface area contributed by atoms with Crippen LogP contribution in [-0.2, 0) is 11.0 Å². The molecule has 26 heavy (non-hydrogen) atoms. The number of thiazole rings is 1. The highest BCUT2D eigenvalue weighted by Crippen LogP contribution is 2.37. The third kappa shape index (κ3) is 3.88. The summed E-state index contributed by atoms with van der Waals surface area (Å²) < 4.78 is 49.9. The summed E-state index contributed by atoms with van der Waals surface area (Å²) in [6, 6.07) is 10.6. The van der Waals surface area contributed by atoms with Crippen molar-refractivity contribution in [2.75, 3.05) is 19.0 Å². The van der Waals surface area contributed by atoms with Crippen LogP contribution in [-0.4, -0.2) is 24.6 Å². The molecule has 3 aromatic rings. The number of hydrogen-bond acceptors (Lipinski definition) is 5. The van der Waals surface area contributed by atoms with Crippen LogP contribution >= 0.6 is 11.3 Å². The third-order valence-electron chi connectivity index (χ3n) is 3.40. The minimum Gasteiger partial charge on any atom is -0.493 e.